The zero-order chi connectivity index (χ0) is 12.3. The average Bonchev–Trinajstić information content (AvgIpc) is 2.32. The first-order valence-corrected chi connectivity index (χ1v) is 6.57. The van der Waals surface area contributed by atoms with E-state index in [1.807, 2.05) is 6.07 Å². The molecule has 0 atom stereocenters. The Bertz CT molecular complexity index is 545. The Morgan fingerprint density at radius 2 is 2.12 bits per heavy atom. The van der Waals surface area contributed by atoms with Crippen LogP contribution in [-0.2, 0) is 0 Å². The number of pyridine rings is 2. The van der Waals surface area contributed by atoms with Crippen molar-refractivity contribution in [2.75, 3.05) is 5.32 Å². The number of carbonyl (C=O) groups is 1. The molecule has 0 unspecified atom stereocenters. The van der Waals surface area contributed by atoms with Gasteiger partial charge < -0.3 is 5.32 Å². The van der Waals surface area contributed by atoms with Crippen LogP contribution < -0.4 is 5.32 Å². The van der Waals surface area contributed by atoms with Gasteiger partial charge in [0.25, 0.3) is 5.91 Å². The van der Waals surface area contributed by atoms with Crippen molar-refractivity contribution in [1.82, 2.24) is 9.97 Å². The number of nitrogens with one attached hydrogen (secondary N) is 1. The zero-order valence-electron chi connectivity index (χ0n) is 8.52. The molecule has 1 amide bonds. The molecule has 0 aliphatic carbocycles. The normalized spacial score (nSPS) is 10.0. The smallest absolute Gasteiger partial charge is 0.256 e. The number of rotatable bonds is 2. The van der Waals surface area contributed by atoms with Gasteiger partial charge in [-0.1, -0.05) is 0 Å². The topological polar surface area (TPSA) is 54.9 Å². The second kappa shape index (κ2) is 5.54. The highest BCUT2D eigenvalue weighted by Crippen LogP contribution is 2.11. The first-order valence-electron chi connectivity index (χ1n) is 4.69. The Labute approximate surface area is 120 Å². The number of hydrogen-bond donors (Lipinski definition) is 1. The zero-order valence-corrected chi connectivity index (χ0v) is 12.3. The van der Waals surface area contributed by atoms with Crippen LogP contribution in [0, 0.1) is 3.57 Å². The van der Waals surface area contributed by atoms with Crippen LogP contribution in [0.4, 0.5) is 5.82 Å². The minimum atomic E-state index is -0.207. The number of amides is 1. The minimum absolute atomic E-state index is 0.207. The van der Waals surface area contributed by atoms with Crippen LogP contribution in [-0.4, -0.2) is 15.9 Å². The summed E-state index contributed by atoms with van der Waals surface area (Å²) in [4.78, 5) is 19.9. The number of nitrogens with zero attached hydrogens (tertiary/aromatic N) is 2. The monoisotopic (exact) mass is 403 g/mol. The van der Waals surface area contributed by atoms with Gasteiger partial charge in [-0.05, 0) is 62.8 Å². The highest BCUT2D eigenvalue weighted by atomic mass is 127. The number of carbonyl (C=O) groups excluding carboxylic acids is 1. The number of anilines is 1. The molecule has 6 heteroatoms. The molecular weight excluding hydrogens is 397 g/mol. The highest BCUT2D eigenvalue weighted by Gasteiger charge is 2.07. The van der Waals surface area contributed by atoms with E-state index < -0.39 is 0 Å². The lowest BCUT2D eigenvalue weighted by atomic mass is 10.2. The van der Waals surface area contributed by atoms with Gasteiger partial charge in [-0.15, -0.1) is 0 Å². The Morgan fingerprint density at radius 3 is 2.76 bits per heavy atom. The minimum Gasteiger partial charge on any atom is -0.307 e. The van der Waals surface area contributed by atoms with Crippen molar-refractivity contribution >= 4 is 50.2 Å². The van der Waals surface area contributed by atoms with E-state index in [0.717, 1.165) is 3.57 Å². The van der Waals surface area contributed by atoms with Crippen LogP contribution in [0.5, 0.6) is 0 Å². The predicted octanol–water partition coefficient (Wildman–Crippen LogP) is 3.10. The summed E-state index contributed by atoms with van der Waals surface area (Å²) in [6.07, 6.45) is 3.26. The lowest BCUT2D eigenvalue weighted by Gasteiger charge is -2.04. The van der Waals surface area contributed by atoms with Crippen LogP contribution in [0.25, 0.3) is 0 Å². The molecule has 0 radical (unpaired) electrons. The van der Waals surface area contributed by atoms with Gasteiger partial charge in [-0.25, -0.2) is 9.97 Å². The van der Waals surface area contributed by atoms with Crippen LogP contribution in [0.3, 0.4) is 0 Å². The van der Waals surface area contributed by atoms with Gasteiger partial charge in [0.05, 0.1) is 0 Å². The van der Waals surface area contributed by atoms with Gasteiger partial charge in [0, 0.05) is 21.5 Å². The molecule has 0 saturated carbocycles. The van der Waals surface area contributed by atoms with E-state index in [1.54, 1.807) is 30.6 Å². The predicted molar refractivity (Wildman–Crippen MR) is 76.8 cm³/mol. The third kappa shape index (κ3) is 3.47. The molecule has 0 saturated heterocycles. The van der Waals surface area contributed by atoms with E-state index in [2.05, 4.69) is 53.8 Å². The van der Waals surface area contributed by atoms with Crippen molar-refractivity contribution in [2.24, 2.45) is 0 Å². The average molecular weight is 404 g/mol. The lowest BCUT2D eigenvalue weighted by molar-refractivity contribution is 0.102. The van der Waals surface area contributed by atoms with Crippen molar-refractivity contribution in [2.45, 2.75) is 0 Å². The third-order valence-corrected chi connectivity index (χ3v) is 3.03. The maximum Gasteiger partial charge on any atom is 0.256 e. The molecule has 2 heterocycles. The van der Waals surface area contributed by atoms with E-state index in [0.29, 0.717) is 16.0 Å². The molecule has 0 bridgehead atoms. The first-order chi connectivity index (χ1) is 8.15. The second-order valence-electron chi connectivity index (χ2n) is 3.18. The van der Waals surface area contributed by atoms with Crippen molar-refractivity contribution in [3.05, 3.63) is 50.4 Å². The second-order valence-corrected chi connectivity index (χ2v) is 5.24. The van der Waals surface area contributed by atoms with E-state index >= 15 is 0 Å². The summed E-state index contributed by atoms with van der Waals surface area (Å²) >= 11 is 5.37. The Balaban J connectivity index is 2.14. The third-order valence-electron chi connectivity index (χ3n) is 1.96. The van der Waals surface area contributed by atoms with E-state index in [4.69, 9.17) is 0 Å². The summed E-state index contributed by atoms with van der Waals surface area (Å²) in [7, 11) is 0. The fourth-order valence-corrected chi connectivity index (χ4v) is 1.87. The molecule has 1 N–H and O–H groups in total. The molecular formula is C11H7BrIN3O. The molecule has 17 heavy (non-hydrogen) atoms. The van der Waals surface area contributed by atoms with E-state index in [1.165, 1.54) is 0 Å². The van der Waals surface area contributed by atoms with Gasteiger partial charge in [0.15, 0.2) is 0 Å². The summed E-state index contributed by atoms with van der Waals surface area (Å²) in [5, 5.41) is 2.71. The number of hydrogen-bond acceptors (Lipinski definition) is 3. The largest absolute Gasteiger partial charge is 0.307 e. The summed E-state index contributed by atoms with van der Waals surface area (Å²) in [6, 6.07) is 6.94. The molecule has 4 nitrogen and oxygen atoms in total. The molecule has 0 aliphatic heterocycles. The Hall–Kier alpha value is -1.02. The van der Waals surface area contributed by atoms with Crippen molar-refractivity contribution < 1.29 is 4.79 Å². The molecule has 0 fully saturated rings. The van der Waals surface area contributed by atoms with Crippen LogP contribution in [0.2, 0.25) is 0 Å². The Morgan fingerprint density at radius 1 is 1.29 bits per heavy atom. The van der Waals surface area contributed by atoms with Gasteiger partial charge in [0.2, 0.25) is 0 Å². The molecule has 0 spiro atoms. The molecule has 86 valence electrons. The summed E-state index contributed by atoms with van der Waals surface area (Å²) in [6.45, 7) is 0. The molecule has 2 rings (SSSR count). The van der Waals surface area contributed by atoms with Crippen LogP contribution in [0.1, 0.15) is 10.4 Å². The maximum absolute atomic E-state index is 11.8. The molecule has 2 aromatic rings. The quantitative estimate of drug-likeness (QED) is 0.619. The molecule has 0 aliphatic rings. The van der Waals surface area contributed by atoms with Gasteiger partial charge in [-0.3, -0.25) is 4.79 Å². The van der Waals surface area contributed by atoms with Crippen LogP contribution in [0.15, 0.2) is 41.3 Å². The summed E-state index contributed by atoms with van der Waals surface area (Å²) in [5.74, 6) is 0.324. The van der Waals surface area contributed by atoms with Gasteiger partial charge >= 0.3 is 0 Å². The fourth-order valence-electron chi connectivity index (χ4n) is 1.18. The number of aromatic nitrogens is 2. The van der Waals surface area contributed by atoms with Gasteiger partial charge in [0.1, 0.15) is 10.4 Å². The van der Waals surface area contributed by atoms with E-state index in [-0.39, 0.29) is 5.91 Å². The standard InChI is InChI=1S/C11H7BrIN3O/c12-9-5-7(3-4-14-9)11(17)16-10-2-1-8(13)6-15-10/h1-6H,(H,15,16,17). The highest BCUT2D eigenvalue weighted by molar-refractivity contribution is 14.1. The van der Waals surface area contributed by atoms with Crippen LogP contribution >= 0.6 is 38.5 Å². The van der Waals surface area contributed by atoms with E-state index in [9.17, 15) is 4.79 Å². The molecule has 0 aromatic carbocycles. The van der Waals surface area contributed by atoms with Gasteiger partial charge in [-0.2, -0.15) is 0 Å². The maximum atomic E-state index is 11.8. The van der Waals surface area contributed by atoms with Crippen molar-refractivity contribution in [3.63, 3.8) is 0 Å². The Kier molecular flexibility index (Phi) is 4.06. The SMILES string of the molecule is O=C(Nc1ccc(I)cn1)c1ccnc(Br)c1. The fraction of sp³-hybridized carbons (Fsp3) is 0. The first kappa shape index (κ1) is 12.4. The summed E-state index contributed by atoms with van der Waals surface area (Å²) < 4.78 is 1.65. The summed E-state index contributed by atoms with van der Waals surface area (Å²) in [5.41, 5.74) is 0.534. The molecule has 2 aromatic heterocycles. The van der Waals surface area contributed by atoms with Crippen molar-refractivity contribution in [3.8, 4) is 0 Å². The van der Waals surface area contributed by atoms with Crippen molar-refractivity contribution in [1.29, 1.82) is 0 Å². The number of halogens is 2. The lowest BCUT2D eigenvalue weighted by Crippen LogP contribution is -2.12.